The zero-order chi connectivity index (χ0) is 29.3. The van der Waals surface area contributed by atoms with Crippen LogP contribution < -0.4 is 9.30 Å². The molecule has 0 aliphatic carbocycles. The van der Waals surface area contributed by atoms with Crippen LogP contribution >= 0.6 is 0 Å². The molecule has 5 aromatic carbocycles. The van der Waals surface area contributed by atoms with Gasteiger partial charge < -0.3 is 4.74 Å². The van der Waals surface area contributed by atoms with Crippen molar-refractivity contribution in [2.45, 2.75) is 54.4 Å². The average Bonchev–Trinajstić information content (AvgIpc) is 2.95. The largest absolute Gasteiger partial charge is 0.455 e. The number of hydrogen-bond donors (Lipinski definition) is 0. The highest BCUT2D eigenvalue weighted by molar-refractivity contribution is 6.20. The summed E-state index contributed by atoms with van der Waals surface area (Å²) in [5.74, 6) is 2.59. The molecular formula is C40H40NO+. The molecule has 0 fully saturated rings. The van der Waals surface area contributed by atoms with Gasteiger partial charge in [0.1, 0.15) is 18.5 Å². The van der Waals surface area contributed by atoms with Crippen molar-refractivity contribution in [2.75, 3.05) is 0 Å². The molecule has 210 valence electrons. The third-order valence-electron chi connectivity index (χ3n) is 8.80. The molecule has 1 aromatic heterocycles. The molecule has 6 aromatic rings. The molecule has 1 aliphatic rings. The SMILES string of the molecule is Cc1c2c(c(CC(C)(C)C)c3ccc(CC(C)C)cc13)Oc1cc3cccc(-c4ccccc4)c3c3cc[n+](C)c-2c13. The maximum absolute atomic E-state index is 7.11. The third kappa shape index (κ3) is 4.28. The monoisotopic (exact) mass is 550 g/mol. The van der Waals surface area contributed by atoms with Crippen LogP contribution in [0.3, 0.4) is 0 Å². The van der Waals surface area contributed by atoms with Crippen LogP contribution in [0.4, 0.5) is 0 Å². The van der Waals surface area contributed by atoms with E-state index >= 15 is 0 Å². The van der Waals surface area contributed by atoms with Crippen molar-refractivity contribution in [2.24, 2.45) is 18.4 Å². The van der Waals surface area contributed by atoms with Gasteiger partial charge >= 0.3 is 0 Å². The fourth-order valence-electron chi connectivity index (χ4n) is 7.11. The van der Waals surface area contributed by atoms with Crippen molar-refractivity contribution < 1.29 is 9.30 Å². The molecule has 0 saturated carbocycles. The molecule has 0 spiro atoms. The lowest BCUT2D eigenvalue weighted by Gasteiger charge is -2.28. The summed E-state index contributed by atoms with van der Waals surface area (Å²) in [7, 11) is 2.18. The first-order valence-corrected chi connectivity index (χ1v) is 15.3. The van der Waals surface area contributed by atoms with Crippen LogP contribution in [-0.4, -0.2) is 0 Å². The average molecular weight is 551 g/mol. The molecule has 0 N–H and O–H groups in total. The molecule has 7 rings (SSSR count). The number of rotatable bonds is 4. The van der Waals surface area contributed by atoms with Crippen molar-refractivity contribution in [3.05, 3.63) is 102 Å². The van der Waals surface area contributed by atoms with Crippen LogP contribution in [0, 0.1) is 18.3 Å². The molecule has 0 radical (unpaired) electrons. The zero-order valence-electron chi connectivity index (χ0n) is 25.9. The van der Waals surface area contributed by atoms with Gasteiger partial charge in [-0.3, -0.25) is 0 Å². The van der Waals surface area contributed by atoms with E-state index in [1.165, 1.54) is 71.4 Å². The molecule has 0 amide bonds. The normalized spacial score (nSPS) is 12.8. The molecule has 0 bridgehead atoms. The molecule has 0 saturated heterocycles. The smallest absolute Gasteiger partial charge is 0.228 e. The van der Waals surface area contributed by atoms with Crippen LogP contribution in [0.2, 0.25) is 0 Å². The summed E-state index contributed by atoms with van der Waals surface area (Å²) in [5.41, 5.74) is 9.10. The Balaban J connectivity index is 1.61. The van der Waals surface area contributed by atoms with E-state index in [4.69, 9.17) is 4.74 Å². The lowest BCUT2D eigenvalue weighted by Crippen LogP contribution is -2.32. The lowest BCUT2D eigenvalue weighted by molar-refractivity contribution is -0.659. The van der Waals surface area contributed by atoms with Crippen LogP contribution in [0.1, 0.15) is 51.3 Å². The quantitative estimate of drug-likeness (QED) is 0.157. The van der Waals surface area contributed by atoms with Gasteiger partial charge in [0.15, 0.2) is 6.20 Å². The highest BCUT2D eigenvalue weighted by atomic mass is 16.5. The Morgan fingerprint density at radius 3 is 2.33 bits per heavy atom. The minimum atomic E-state index is 0.109. The van der Waals surface area contributed by atoms with Crippen molar-refractivity contribution in [3.8, 4) is 33.9 Å². The number of nitrogens with zero attached hydrogens (tertiary/aromatic N) is 1. The van der Waals surface area contributed by atoms with Gasteiger partial charge in [0, 0.05) is 17.0 Å². The predicted molar refractivity (Wildman–Crippen MR) is 178 cm³/mol. The van der Waals surface area contributed by atoms with Gasteiger partial charge in [-0.1, -0.05) is 101 Å². The Morgan fingerprint density at radius 1 is 0.810 bits per heavy atom. The number of hydrogen-bond acceptors (Lipinski definition) is 1. The number of aromatic nitrogens is 1. The van der Waals surface area contributed by atoms with E-state index in [0.29, 0.717) is 5.92 Å². The van der Waals surface area contributed by atoms with E-state index in [1.54, 1.807) is 0 Å². The molecule has 42 heavy (non-hydrogen) atoms. The highest BCUT2D eigenvalue weighted by Gasteiger charge is 2.34. The van der Waals surface area contributed by atoms with E-state index < -0.39 is 0 Å². The van der Waals surface area contributed by atoms with Crippen LogP contribution in [0.25, 0.3) is 54.7 Å². The molecule has 2 heterocycles. The van der Waals surface area contributed by atoms with Gasteiger partial charge in [-0.15, -0.1) is 0 Å². The number of aryl methyl sites for hydroxylation is 2. The van der Waals surface area contributed by atoms with Gasteiger partial charge in [-0.05, 0) is 81.0 Å². The number of ether oxygens (including phenoxy) is 1. The zero-order valence-corrected chi connectivity index (χ0v) is 25.9. The second kappa shape index (κ2) is 9.70. The van der Waals surface area contributed by atoms with Crippen molar-refractivity contribution in [3.63, 3.8) is 0 Å². The van der Waals surface area contributed by atoms with Crippen LogP contribution in [0.5, 0.6) is 11.5 Å². The minimum absolute atomic E-state index is 0.109. The Bertz CT molecular complexity index is 2030. The number of pyridine rings is 1. The van der Waals surface area contributed by atoms with Crippen LogP contribution in [-0.2, 0) is 19.9 Å². The van der Waals surface area contributed by atoms with E-state index in [0.717, 1.165) is 24.3 Å². The summed E-state index contributed by atoms with van der Waals surface area (Å²) < 4.78 is 9.41. The fraction of sp³-hybridized carbons (Fsp3) is 0.275. The summed E-state index contributed by atoms with van der Waals surface area (Å²) in [6.45, 7) is 13.9. The maximum Gasteiger partial charge on any atom is 0.228 e. The van der Waals surface area contributed by atoms with Gasteiger partial charge in [0.25, 0.3) is 0 Å². The minimum Gasteiger partial charge on any atom is -0.455 e. The third-order valence-corrected chi connectivity index (χ3v) is 8.80. The first-order valence-electron chi connectivity index (χ1n) is 15.3. The van der Waals surface area contributed by atoms with Gasteiger partial charge in [-0.25, -0.2) is 4.57 Å². The van der Waals surface area contributed by atoms with E-state index in [-0.39, 0.29) is 5.41 Å². The van der Waals surface area contributed by atoms with E-state index in [1.807, 2.05) is 0 Å². The Labute approximate surface area is 249 Å². The van der Waals surface area contributed by atoms with Crippen LogP contribution in [0.15, 0.2) is 85.1 Å². The van der Waals surface area contributed by atoms with Crippen molar-refractivity contribution in [1.29, 1.82) is 0 Å². The molecule has 1 aliphatic heterocycles. The first kappa shape index (κ1) is 26.7. The van der Waals surface area contributed by atoms with Crippen molar-refractivity contribution >= 4 is 32.3 Å². The number of benzene rings is 5. The van der Waals surface area contributed by atoms with E-state index in [9.17, 15) is 0 Å². The summed E-state index contributed by atoms with van der Waals surface area (Å²) in [6.07, 6.45) is 4.26. The molecule has 2 heteroatoms. The second-order valence-electron chi connectivity index (χ2n) is 13.8. The summed E-state index contributed by atoms with van der Waals surface area (Å²) >= 11 is 0. The molecule has 0 unspecified atom stereocenters. The topological polar surface area (TPSA) is 13.1 Å². The Hall–Kier alpha value is -4.17. The predicted octanol–water partition coefficient (Wildman–Crippen LogP) is 10.5. The summed E-state index contributed by atoms with van der Waals surface area (Å²) in [4.78, 5) is 0. The first-order chi connectivity index (χ1) is 20.1. The second-order valence-corrected chi connectivity index (χ2v) is 13.8. The lowest BCUT2D eigenvalue weighted by atomic mass is 9.81. The summed E-state index contributed by atoms with van der Waals surface area (Å²) in [6, 6.07) is 29.1. The maximum atomic E-state index is 7.11. The summed E-state index contributed by atoms with van der Waals surface area (Å²) in [5, 5.41) is 7.59. The van der Waals surface area contributed by atoms with Crippen molar-refractivity contribution in [1.82, 2.24) is 0 Å². The Kier molecular flexibility index (Phi) is 6.17. The highest BCUT2D eigenvalue weighted by Crippen LogP contribution is 2.53. The molecule has 0 atom stereocenters. The molecule has 2 nitrogen and oxygen atoms in total. The Morgan fingerprint density at radius 2 is 1.60 bits per heavy atom. The fourth-order valence-corrected chi connectivity index (χ4v) is 7.11. The number of fused-ring (bicyclic) bond motifs is 5. The van der Waals surface area contributed by atoms with E-state index in [2.05, 4.69) is 138 Å². The molecular weight excluding hydrogens is 510 g/mol. The van der Waals surface area contributed by atoms with Gasteiger partial charge in [0.05, 0.1) is 10.9 Å². The van der Waals surface area contributed by atoms with Gasteiger partial charge in [-0.2, -0.15) is 0 Å². The standard InChI is InChI=1S/C40H40NO/c1-24(2)20-26-16-17-30-32(21-26)25(3)35-38-37-31(18-19-41(38)7)36-28(14-11-15-29(36)27-12-9-8-10-13-27)22-34(37)42-39(35)33(30)23-40(4,5)6/h8-19,21-22,24H,20,23H2,1-7H3/q+1. The van der Waals surface area contributed by atoms with Gasteiger partial charge in [0.2, 0.25) is 5.69 Å².